The first-order valence-corrected chi connectivity index (χ1v) is 8.05. The zero-order valence-electron chi connectivity index (χ0n) is 14.9. The number of aryl methyl sites for hydroxylation is 2. The van der Waals surface area contributed by atoms with Gasteiger partial charge in [-0.1, -0.05) is 6.07 Å². The summed E-state index contributed by atoms with van der Waals surface area (Å²) in [6, 6.07) is 10.3. The molecule has 8 heteroatoms. The highest BCUT2D eigenvalue weighted by Gasteiger charge is 2.11. The summed E-state index contributed by atoms with van der Waals surface area (Å²) in [6.07, 6.45) is 0. The van der Waals surface area contributed by atoms with Crippen molar-refractivity contribution in [3.63, 3.8) is 0 Å². The lowest BCUT2D eigenvalue weighted by molar-refractivity contribution is -0.150. The van der Waals surface area contributed by atoms with E-state index in [0.717, 1.165) is 23.3 Å². The van der Waals surface area contributed by atoms with Gasteiger partial charge in [0.15, 0.2) is 13.2 Å². The highest BCUT2D eigenvalue weighted by atomic mass is 19.1. The molecule has 0 aromatic heterocycles. The predicted molar refractivity (Wildman–Crippen MR) is 94.4 cm³/mol. The third kappa shape index (κ3) is 6.77. The summed E-state index contributed by atoms with van der Waals surface area (Å²) < 4.78 is 22.9. The molecule has 0 atom stereocenters. The van der Waals surface area contributed by atoms with Gasteiger partial charge in [0, 0.05) is 5.56 Å². The summed E-state index contributed by atoms with van der Waals surface area (Å²) in [6.45, 7) is 2.88. The van der Waals surface area contributed by atoms with Gasteiger partial charge < -0.3 is 9.47 Å². The van der Waals surface area contributed by atoms with E-state index in [1.165, 1.54) is 12.1 Å². The molecule has 27 heavy (non-hydrogen) atoms. The molecule has 0 aliphatic rings. The normalized spacial score (nSPS) is 10.0. The second-order valence-corrected chi connectivity index (χ2v) is 5.78. The van der Waals surface area contributed by atoms with Gasteiger partial charge in [0.25, 0.3) is 11.8 Å². The van der Waals surface area contributed by atoms with Crippen LogP contribution in [0.3, 0.4) is 0 Å². The van der Waals surface area contributed by atoms with Gasteiger partial charge in [0.05, 0.1) is 0 Å². The summed E-state index contributed by atoms with van der Waals surface area (Å²) in [5, 5.41) is 0. The lowest BCUT2D eigenvalue weighted by Gasteiger charge is -2.09. The van der Waals surface area contributed by atoms with Crippen LogP contribution in [0.4, 0.5) is 4.39 Å². The third-order valence-electron chi connectivity index (χ3n) is 3.34. The Morgan fingerprint density at radius 1 is 0.926 bits per heavy atom. The number of hydrogen-bond donors (Lipinski definition) is 2. The average molecular weight is 374 g/mol. The number of hydrogen-bond acceptors (Lipinski definition) is 5. The van der Waals surface area contributed by atoms with Crippen molar-refractivity contribution in [1.29, 1.82) is 0 Å². The van der Waals surface area contributed by atoms with Crippen LogP contribution in [0.5, 0.6) is 5.75 Å². The summed E-state index contributed by atoms with van der Waals surface area (Å²) in [4.78, 5) is 35.0. The van der Waals surface area contributed by atoms with Crippen molar-refractivity contribution in [2.24, 2.45) is 0 Å². The molecule has 2 aromatic rings. The van der Waals surface area contributed by atoms with Crippen molar-refractivity contribution in [3.8, 4) is 5.75 Å². The average Bonchev–Trinajstić information content (AvgIpc) is 2.62. The molecule has 2 amide bonds. The van der Waals surface area contributed by atoms with Gasteiger partial charge in [-0.3, -0.25) is 20.4 Å². The van der Waals surface area contributed by atoms with Crippen molar-refractivity contribution in [1.82, 2.24) is 10.9 Å². The molecule has 0 saturated carbocycles. The van der Waals surface area contributed by atoms with Crippen LogP contribution in [0.15, 0.2) is 42.5 Å². The molecule has 0 radical (unpaired) electrons. The molecule has 7 nitrogen and oxygen atoms in total. The highest BCUT2D eigenvalue weighted by molar-refractivity contribution is 5.95. The monoisotopic (exact) mass is 374 g/mol. The second-order valence-electron chi connectivity index (χ2n) is 5.78. The maximum atomic E-state index is 12.8. The van der Waals surface area contributed by atoms with E-state index in [0.29, 0.717) is 5.75 Å². The van der Waals surface area contributed by atoms with E-state index in [1.54, 1.807) is 12.1 Å². The quantitative estimate of drug-likeness (QED) is 0.594. The minimum Gasteiger partial charge on any atom is -0.482 e. The van der Waals surface area contributed by atoms with E-state index in [4.69, 9.17) is 9.47 Å². The summed E-state index contributed by atoms with van der Waals surface area (Å²) in [5.41, 5.74) is 6.37. The fourth-order valence-electron chi connectivity index (χ4n) is 2.18. The molecule has 142 valence electrons. The number of esters is 1. The van der Waals surface area contributed by atoms with E-state index >= 15 is 0 Å². The minimum atomic E-state index is -0.731. The van der Waals surface area contributed by atoms with Gasteiger partial charge in [-0.25, -0.2) is 9.18 Å². The molecule has 0 aliphatic heterocycles. The largest absolute Gasteiger partial charge is 0.482 e. The molecule has 2 N–H and O–H groups in total. The van der Waals surface area contributed by atoms with Gasteiger partial charge >= 0.3 is 5.97 Å². The smallest absolute Gasteiger partial charge is 0.344 e. The van der Waals surface area contributed by atoms with Crippen molar-refractivity contribution < 1.29 is 28.2 Å². The van der Waals surface area contributed by atoms with Crippen molar-refractivity contribution >= 4 is 17.8 Å². The summed E-state index contributed by atoms with van der Waals surface area (Å²) in [7, 11) is 0. The Labute approximate surface area is 155 Å². The van der Waals surface area contributed by atoms with Crippen LogP contribution in [-0.2, 0) is 14.3 Å². The first kappa shape index (κ1) is 19.9. The standard InChI is InChI=1S/C19H19FN2O5/c1-12-7-13(2)9-16(8-12)26-11-18(24)27-10-17(23)21-22-19(25)14-3-5-15(20)6-4-14/h3-9H,10-11H2,1-2H3,(H,21,23)(H,22,25). The maximum absolute atomic E-state index is 12.8. The van der Waals surface area contributed by atoms with Crippen LogP contribution in [0.25, 0.3) is 0 Å². The number of carbonyl (C=O) groups is 3. The molecule has 2 aromatic carbocycles. The first-order valence-electron chi connectivity index (χ1n) is 8.05. The van der Waals surface area contributed by atoms with Gasteiger partial charge in [0.2, 0.25) is 0 Å². The predicted octanol–water partition coefficient (Wildman–Crippen LogP) is 1.83. The Morgan fingerprint density at radius 2 is 1.56 bits per heavy atom. The molecule has 0 fully saturated rings. The molecule has 0 unspecified atom stereocenters. The number of benzene rings is 2. The van der Waals surface area contributed by atoms with Crippen molar-refractivity contribution in [2.45, 2.75) is 13.8 Å². The van der Waals surface area contributed by atoms with Crippen LogP contribution in [-0.4, -0.2) is 31.0 Å². The van der Waals surface area contributed by atoms with Crippen LogP contribution in [0.2, 0.25) is 0 Å². The number of rotatable bonds is 6. The Hall–Kier alpha value is -3.42. The number of halogens is 1. The van der Waals surface area contributed by atoms with E-state index in [1.807, 2.05) is 19.9 Å². The van der Waals surface area contributed by atoms with Gasteiger partial charge in [-0.15, -0.1) is 0 Å². The maximum Gasteiger partial charge on any atom is 0.344 e. The van der Waals surface area contributed by atoms with Crippen LogP contribution < -0.4 is 15.6 Å². The molecular formula is C19H19FN2O5. The van der Waals surface area contributed by atoms with E-state index < -0.39 is 30.2 Å². The SMILES string of the molecule is Cc1cc(C)cc(OCC(=O)OCC(=O)NNC(=O)c2ccc(F)cc2)c1. The number of ether oxygens (including phenoxy) is 2. The number of nitrogens with one attached hydrogen (secondary N) is 2. The Bertz CT molecular complexity index is 816. The summed E-state index contributed by atoms with van der Waals surface area (Å²) in [5.74, 6) is -2.04. The zero-order chi connectivity index (χ0) is 19.8. The number of carbonyl (C=O) groups excluding carboxylic acids is 3. The van der Waals surface area contributed by atoms with Gasteiger partial charge in [-0.05, 0) is 61.4 Å². The first-order chi connectivity index (χ1) is 12.8. The van der Waals surface area contributed by atoms with E-state index in [2.05, 4.69) is 10.9 Å². The summed E-state index contributed by atoms with van der Waals surface area (Å²) >= 11 is 0. The Morgan fingerprint density at radius 3 is 2.19 bits per heavy atom. The van der Waals surface area contributed by atoms with Gasteiger partial charge in [0.1, 0.15) is 11.6 Å². The Balaban J connectivity index is 1.69. The van der Waals surface area contributed by atoms with Crippen LogP contribution in [0, 0.1) is 19.7 Å². The lowest BCUT2D eigenvalue weighted by Crippen LogP contribution is -2.43. The van der Waals surface area contributed by atoms with E-state index in [-0.39, 0.29) is 12.2 Å². The van der Waals surface area contributed by atoms with Crippen LogP contribution in [0.1, 0.15) is 21.5 Å². The molecular weight excluding hydrogens is 355 g/mol. The molecule has 0 aliphatic carbocycles. The Kier molecular flexibility index (Phi) is 6.87. The van der Waals surface area contributed by atoms with Crippen LogP contribution >= 0.6 is 0 Å². The second kappa shape index (κ2) is 9.33. The highest BCUT2D eigenvalue weighted by Crippen LogP contribution is 2.16. The lowest BCUT2D eigenvalue weighted by atomic mass is 10.1. The molecule has 0 heterocycles. The number of hydrazine groups is 1. The number of amides is 2. The molecule has 0 bridgehead atoms. The third-order valence-corrected chi connectivity index (χ3v) is 3.34. The van der Waals surface area contributed by atoms with Crippen molar-refractivity contribution in [3.05, 3.63) is 65.0 Å². The van der Waals surface area contributed by atoms with Gasteiger partial charge in [-0.2, -0.15) is 0 Å². The van der Waals surface area contributed by atoms with Crippen molar-refractivity contribution in [2.75, 3.05) is 13.2 Å². The minimum absolute atomic E-state index is 0.163. The fraction of sp³-hybridized carbons (Fsp3) is 0.211. The molecule has 2 rings (SSSR count). The molecule has 0 saturated heterocycles. The molecule has 0 spiro atoms. The zero-order valence-corrected chi connectivity index (χ0v) is 14.9. The topological polar surface area (TPSA) is 93.7 Å². The fourth-order valence-corrected chi connectivity index (χ4v) is 2.18. The van der Waals surface area contributed by atoms with E-state index in [9.17, 15) is 18.8 Å².